The van der Waals surface area contributed by atoms with Gasteiger partial charge in [0.15, 0.2) is 6.10 Å². The van der Waals surface area contributed by atoms with Gasteiger partial charge in [-0.25, -0.2) is 4.79 Å². The molecule has 0 fully saturated rings. The first kappa shape index (κ1) is 20.6. The molecule has 0 spiro atoms. The Morgan fingerprint density at radius 2 is 1.84 bits per heavy atom. The van der Waals surface area contributed by atoms with Crippen molar-refractivity contribution < 1.29 is 23.9 Å². The molecule has 2 atom stereocenters. The molecule has 0 bridgehead atoms. The van der Waals surface area contributed by atoms with Crippen LogP contribution >= 0.6 is 11.3 Å². The molecule has 0 radical (unpaired) electrons. The van der Waals surface area contributed by atoms with Gasteiger partial charge < -0.3 is 15.4 Å². The minimum Gasteiger partial charge on any atom is -0.452 e. The molecule has 1 heterocycles. The fourth-order valence-corrected chi connectivity index (χ4v) is 2.71. The molecule has 0 aliphatic rings. The van der Waals surface area contributed by atoms with Crippen LogP contribution < -0.4 is 16.0 Å². The van der Waals surface area contributed by atoms with Gasteiger partial charge in [-0.3, -0.25) is 19.7 Å². The Balaban J connectivity index is 2.56. The lowest BCUT2D eigenvalue weighted by molar-refractivity contribution is -0.155. The molecule has 0 saturated carbocycles. The van der Waals surface area contributed by atoms with E-state index < -0.39 is 30.1 Å². The Hall–Kier alpha value is -2.42. The van der Waals surface area contributed by atoms with E-state index in [0.29, 0.717) is 0 Å². The summed E-state index contributed by atoms with van der Waals surface area (Å²) in [5, 5.41) is 9.10. The van der Waals surface area contributed by atoms with E-state index in [1.54, 1.807) is 19.9 Å². The number of rotatable bonds is 7. The third kappa shape index (κ3) is 7.79. The number of imide groups is 1. The molecule has 138 valence electrons. The number of urea groups is 1. The first-order valence-electron chi connectivity index (χ1n) is 7.80. The Bertz CT molecular complexity index is 615. The SMILES string of the molecule is CC(=O)NC(CC(=O)OC(C)C(=O)NC(=O)NC(C)C)c1cccs1. The average molecular weight is 369 g/mol. The van der Waals surface area contributed by atoms with Crippen LogP contribution in [-0.2, 0) is 19.1 Å². The van der Waals surface area contributed by atoms with Crippen molar-refractivity contribution in [3.05, 3.63) is 22.4 Å². The molecule has 8 nitrogen and oxygen atoms in total. The largest absolute Gasteiger partial charge is 0.452 e. The van der Waals surface area contributed by atoms with Gasteiger partial charge >= 0.3 is 12.0 Å². The molecule has 9 heteroatoms. The van der Waals surface area contributed by atoms with Crippen molar-refractivity contribution in [2.45, 2.75) is 52.3 Å². The van der Waals surface area contributed by atoms with E-state index in [-0.39, 0.29) is 18.4 Å². The van der Waals surface area contributed by atoms with Crippen LogP contribution in [0, 0.1) is 0 Å². The zero-order valence-corrected chi connectivity index (χ0v) is 15.4. The molecule has 2 unspecified atom stereocenters. The predicted octanol–water partition coefficient (Wildman–Crippen LogP) is 1.48. The summed E-state index contributed by atoms with van der Waals surface area (Å²) in [7, 11) is 0. The third-order valence-electron chi connectivity index (χ3n) is 2.97. The number of esters is 1. The summed E-state index contributed by atoms with van der Waals surface area (Å²) < 4.78 is 5.05. The second-order valence-electron chi connectivity index (χ2n) is 5.72. The van der Waals surface area contributed by atoms with E-state index in [9.17, 15) is 19.2 Å². The number of nitrogens with one attached hydrogen (secondary N) is 3. The number of hydrogen-bond donors (Lipinski definition) is 3. The summed E-state index contributed by atoms with van der Waals surface area (Å²) >= 11 is 1.40. The number of carbonyl (C=O) groups is 4. The molecule has 1 rings (SSSR count). The van der Waals surface area contributed by atoms with Gasteiger partial charge in [0.2, 0.25) is 5.91 Å². The van der Waals surface area contributed by atoms with E-state index >= 15 is 0 Å². The van der Waals surface area contributed by atoms with Crippen molar-refractivity contribution in [2.24, 2.45) is 0 Å². The van der Waals surface area contributed by atoms with Crippen LogP contribution in [0.1, 0.15) is 45.0 Å². The average Bonchev–Trinajstić information content (AvgIpc) is 2.98. The highest BCUT2D eigenvalue weighted by Crippen LogP contribution is 2.22. The lowest BCUT2D eigenvalue weighted by atomic mass is 10.1. The van der Waals surface area contributed by atoms with Crippen LogP contribution in [-0.4, -0.2) is 36.0 Å². The highest BCUT2D eigenvalue weighted by atomic mass is 32.1. The fourth-order valence-electron chi connectivity index (χ4n) is 1.93. The second-order valence-corrected chi connectivity index (χ2v) is 6.70. The van der Waals surface area contributed by atoms with Crippen molar-refractivity contribution in [3.8, 4) is 0 Å². The number of ether oxygens (including phenoxy) is 1. The van der Waals surface area contributed by atoms with Gasteiger partial charge in [0.05, 0.1) is 12.5 Å². The highest BCUT2D eigenvalue weighted by Gasteiger charge is 2.24. The van der Waals surface area contributed by atoms with Gasteiger partial charge in [0.1, 0.15) is 0 Å². The molecular weight excluding hydrogens is 346 g/mol. The van der Waals surface area contributed by atoms with Crippen LogP contribution in [0.5, 0.6) is 0 Å². The lowest BCUT2D eigenvalue weighted by Gasteiger charge is -2.18. The molecule has 4 amide bonds. The van der Waals surface area contributed by atoms with E-state index in [2.05, 4.69) is 16.0 Å². The van der Waals surface area contributed by atoms with Gasteiger partial charge in [-0.15, -0.1) is 11.3 Å². The van der Waals surface area contributed by atoms with Crippen molar-refractivity contribution >= 4 is 35.2 Å². The standard InChI is InChI=1S/C16H23N3O5S/c1-9(2)17-16(23)19-15(22)10(3)24-14(21)8-12(18-11(4)20)13-6-5-7-25-13/h5-7,9-10,12H,8H2,1-4H3,(H,18,20)(H2,17,19,22,23). The summed E-state index contributed by atoms with van der Waals surface area (Å²) in [6, 6.07) is 2.30. The number of hydrogen-bond acceptors (Lipinski definition) is 6. The van der Waals surface area contributed by atoms with E-state index in [4.69, 9.17) is 4.74 Å². The third-order valence-corrected chi connectivity index (χ3v) is 3.95. The minimum atomic E-state index is -1.13. The predicted molar refractivity (Wildman–Crippen MR) is 92.9 cm³/mol. The summed E-state index contributed by atoms with van der Waals surface area (Å²) in [6.45, 7) is 6.23. The maximum atomic E-state index is 12.1. The Morgan fingerprint density at radius 1 is 1.16 bits per heavy atom. The fraction of sp³-hybridized carbons (Fsp3) is 0.500. The Labute approximate surface area is 150 Å². The maximum absolute atomic E-state index is 12.1. The van der Waals surface area contributed by atoms with Crippen molar-refractivity contribution in [1.29, 1.82) is 0 Å². The van der Waals surface area contributed by atoms with Gasteiger partial charge in [-0.05, 0) is 32.2 Å². The molecule has 1 aromatic heterocycles. The van der Waals surface area contributed by atoms with Gasteiger partial charge in [0, 0.05) is 17.8 Å². The van der Waals surface area contributed by atoms with Crippen LogP contribution in [0.2, 0.25) is 0 Å². The van der Waals surface area contributed by atoms with Crippen molar-refractivity contribution in [1.82, 2.24) is 16.0 Å². The van der Waals surface area contributed by atoms with E-state index in [1.807, 2.05) is 11.4 Å². The monoisotopic (exact) mass is 369 g/mol. The molecule has 0 aliphatic heterocycles. The van der Waals surface area contributed by atoms with Crippen LogP contribution in [0.4, 0.5) is 4.79 Å². The molecule has 0 aliphatic carbocycles. The minimum absolute atomic E-state index is 0.115. The molecule has 0 aromatic carbocycles. The van der Waals surface area contributed by atoms with Gasteiger partial charge in [-0.2, -0.15) is 0 Å². The van der Waals surface area contributed by atoms with Gasteiger partial charge in [0.25, 0.3) is 5.91 Å². The Morgan fingerprint density at radius 3 is 2.36 bits per heavy atom. The summed E-state index contributed by atoms with van der Waals surface area (Å²) in [5.74, 6) is -1.65. The number of carbonyl (C=O) groups excluding carboxylic acids is 4. The van der Waals surface area contributed by atoms with Crippen LogP contribution in [0.3, 0.4) is 0 Å². The molecule has 1 aromatic rings. The summed E-state index contributed by atoms with van der Waals surface area (Å²) in [5.41, 5.74) is 0. The number of amides is 4. The summed E-state index contributed by atoms with van der Waals surface area (Å²) in [6.07, 6.45) is -1.25. The van der Waals surface area contributed by atoms with Gasteiger partial charge in [-0.1, -0.05) is 6.07 Å². The second kappa shape index (κ2) is 9.77. The lowest BCUT2D eigenvalue weighted by Crippen LogP contribution is -2.46. The van der Waals surface area contributed by atoms with E-state index in [0.717, 1.165) is 4.88 Å². The first-order valence-corrected chi connectivity index (χ1v) is 8.68. The Kier molecular flexibility index (Phi) is 8.06. The zero-order chi connectivity index (χ0) is 19.0. The zero-order valence-electron chi connectivity index (χ0n) is 14.6. The van der Waals surface area contributed by atoms with Crippen LogP contribution in [0.15, 0.2) is 17.5 Å². The molecule has 3 N–H and O–H groups in total. The number of thiophene rings is 1. The quantitative estimate of drug-likeness (QED) is 0.630. The molecule has 0 saturated heterocycles. The summed E-state index contributed by atoms with van der Waals surface area (Å²) in [4.78, 5) is 47.5. The highest BCUT2D eigenvalue weighted by molar-refractivity contribution is 7.10. The first-order chi connectivity index (χ1) is 11.7. The normalized spacial score (nSPS) is 12.8. The van der Waals surface area contributed by atoms with Crippen molar-refractivity contribution in [2.75, 3.05) is 0 Å². The maximum Gasteiger partial charge on any atom is 0.321 e. The van der Waals surface area contributed by atoms with E-state index in [1.165, 1.54) is 25.2 Å². The van der Waals surface area contributed by atoms with Crippen molar-refractivity contribution in [3.63, 3.8) is 0 Å². The van der Waals surface area contributed by atoms with Crippen LogP contribution in [0.25, 0.3) is 0 Å². The smallest absolute Gasteiger partial charge is 0.321 e. The topological polar surface area (TPSA) is 114 Å². The molecular formula is C16H23N3O5S. The molecule has 25 heavy (non-hydrogen) atoms.